The summed E-state index contributed by atoms with van der Waals surface area (Å²) in [6, 6.07) is 7.26. The van der Waals surface area contributed by atoms with Crippen LogP contribution >= 0.6 is 0 Å². The van der Waals surface area contributed by atoms with Crippen LogP contribution in [0.15, 0.2) is 39.0 Å². The number of anilines is 1. The van der Waals surface area contributed by atoms with E-state index in [1.54, 1.807) is 25.5 Å². The Morgan fingerprint density at radius 2 is 2.00 bits per heavy atom. The lowest BCUT2D eigenvalue weighted by Gasteiger charge is -2.15. The van der Waals surface area contributed by atoms with Gasteiger partial charge in [0.1, 0.15) is 5.75 Å². The Morgan fingerprint density at radius 1 is 1.29 bits per heavy atom. The standard InChI is InChI=1S/C20H26N6O5/c1-12(2)31-11-14(27)10-26-16-17(25(3)20(29)23-18(16)28)22-19(26)24-21-9-13-5-7-15(30-4)8-6-13/h5-9,12,14,27H,10-11H2,1-4H3,(H,22,24)(H,23,28,29)/b21-9+/t14-/m1/s1. The summed E-state index contributed by atoms with van der Waals surface area (Å²) in [5.41, 5.74) is 2.74. The summed E-state index contributed by atoms with van der Waals surface area (Å²) >= 11 is 0. The van der Waals surface area contributed by atoms with Gasteiger partial charge in [-0.25, -0.2) is 10.2 Å². The highest BCUT2D eigenvalue weighted by molar-refractivity contribution is 5.80. The topological polar surface area (TPSA) is 136 Å². The number of aliphatic hydroxyl groups is 1. The monoisotopic (exact) mass is 430 g/mol. The van der Waals surface area contributed by atoms with E-state index >= 15 is 0 Å². The number of aliphatic hydroxyl groups excluding tert-OH is 1. The number of H-pyrrole nitrogens is 1. The molecule has 31 heavy (non-hydrogen) atoms. The number of rotatable bonds is 9. The highest BCUT2D eigenvalue weighted by atomic mass is 16.5. The van der Waals surface area contributed by atoms with Crippen molar-refractivity contribution in [2.24, 2.45) is 12.1 Å². The van der Waals surface area contributed by atoms with Crippen LogP contribution in [-0.2, 0) is 18.3 Å². The summed E-state index contributed by atoms with van der Waals surface area (Å²) in [4.78, 5) is 31.0. The van der Waals surface area contributed by atoms with Crippen molar-refractivity contribution in [2.75, 3.05) is 19.1 Å². The molecule has 0 aliphatic heterocycles. The van der Waals surface area contributed by atoms with Gasteiger partial charge in [-0.3, -0.25) is 14.3 Å². The maximum atomic E-state index is 12.5. The molecule has 0 unspecified atom stereocenters. The van der Waals surface area contributed by atoms with E-state index in [4.69, 9.17) is 9.47 Å². The van der Waals surface area contributed by atoms with Crippen LogP contribution < -0.4 is 21.4 Å². The SMILES string of the molecule is COc1ccc(/C=N/Nc2nc3c(c(=O)[nH]c(=O)n3C)n2C[C@@H](O)COC(C)C)cc1. The van der Waals surface area contributed by atoms with Crippen LogP contribution in [0.25, 0.3) is 11.2 Å². The van der Waals surface area contributed by atoms with Crippen LogP contribution in [0.3, 0.4) is 0 Å². The minimum Gasteiger partial charge on any atom is -0.497 e. The normalized spacial score (nSPS) is 12.7. The molecule has 0 bridgehead atoms. The maximum absolute atomic E-state index is 12.5. The lowest BCUT2D eigenvalue weighted by atomic mass is 10.2. The zero-order valence-electron chi connectivity index (χ0n) is 17.8. The van der Waals surface area contributed by atoms with Crippen LogP contribution in [-0.4, -0.2) is 56.3 Å². The van der Waals surface area contributed by atoms with E-state index in [1.807, 2.05) is 26.0 Å². The molecule has 1 aromatic carbocycles. The molecule has 11 heteroatoms. The van der Waals surface area contributed by atoms with E-state index in [1.165, 1.54) is 16.2 Å². The summed E-state index contributed by atoms with van der Waals surface area (Å²) in [7, 11) is 3.09. The number of hydrazone groups is 1. The molecule has 166 valence electrons. The second kappa shape index (κ2) is 9.58. The molecule has 3 aromatic rings. The van der Waals surface area contributed by atoms with Gasteiger partial charge in [0, 0.05) is 7.05 Å². The zero-order chi connectivity index (χ0) is 22.5. The first-order valence-electron chi connectivity index (χ1n) is 9.72. The fourth-order valence-corrected chi connectivity index (χ4v) is 2.92. The number of nitrogens with zero attached hydrogens (tertiary/aromatic N) is 4. The molecule has 0 saturated carbocycles. The third-order valence-electron chi connectivity index (χ3n) is 4.52. The number of hydrogen-bond acceptors (Lipinski definition) is 8. The van der Waals surface area contributed by atoms with Crippen LogP contribution in [0.5, 0.6) is 5.75 Å². The van der Waals surface area contributed by atoms with Crippen LogP contribution in [0.1, 0.15) is 19.4 Å². The molecule has 0 aliphatic carbocycles. The molecule has 1 atom stereocenters. The minimum absolute atomic E-state index is 0.0187. The Labute approximate surface area is 178 Å². The van der Waals surface area contributed by atoms with Crippen LogP contribution in [0, 0.1) is 0 Å². The number of ether oxygens (including phenoxy) is 2. The Hall–Kier alpha value is -3.44. The molecule has 0 aliphatic rings. The number of methoxy groups -OCH3 is 1. The molecule has 0 fully saturated rings. The number of benzene rings is 1. The minimum atomic E-state index is -0.900. The summed E-state index contributed by atoms with van der Waals surface area (Å²) < 4.78 is 13.3. The quantitative estimate of drug-likeness (QED) is 0.335. The average Bonchev–Trinajstić information content (AvgIpc) is 3.10. The van der Waals surface area contributed by atoms with Crippen LogP contribution in [0.2, 0.25) is 0 Å². The molecule has 0 saturated heterocycles. The Kier molecular flexibility index (Phi) is 6.88. The second-order valence-electron chi connectivity index (χ2n) is 7.22. The molecule has 0 amide bonds. The van der Waals surface area contributed by atoms with Crippen molar-refractivity contribution in [3.63, 3.8) is 0 Å². The summed E-state index contributed by atoms with van der Waals surface area (Å²) in [6.45, 7) is 3.82. The van der Waals surface area contributed by atoms with Gasteiger partial charge in [0.15, 0.2) is 11.2 Å². The van der Waals surface area contributed by atoms with E-state index < -0.39 is 17.4 Å². The molecule has 0 radical (unpaired) electrons. The van der Waals surface area contributed by atoms with Gasteiger partial charge in [-0.2, -0.15) is 10.1 Å². The van der Waals surface area contributed by atoms with Gasteiger partial charge in [-0.1, -0.05) is 0 Å². The van der Waals surface area contributed by atoms with E-state index in [0.29, 0.717) is 0 Å². The fourth-order valence-electron chi connectivity index (χ4n) is 2.92. The number of aryl methyl sites for hydroxylation is 1. The first kappa shape index (κ1) is 22.2. The lowest BCUT2D eigenvalue weighted by molar-refractivity contribution is -0.000105. The third kappa shape index (κ3) is 5.19. The third-order valence-corrected chi connectivity index (χ3v) is 4.52. The maximum Gasteiger partial charge on any atom is 0.329 e. The first-order valence-corrected chi connectivity index (χ1v) is 9.72. The highest BCUT2D eigenvalue weighted by Gasteiger charge is 2.19. The van der Waals surface area contributed by atoms with Crippen molar-refractivity contribution in [2.45, 2.75) is 32.6 Å². The largest absolute Gasteiger partial charge is 0.497 e. The van der Waals surface area contributed by atoms with E-state index in [2.05, 4.69) is 20.5 Å². The second-order valence-corrected chi connectivity index (χ2v) is 7.22. The number of hydrogen-bond donors (Lipinski definition) is 3. The van der Waals surface area contributed by atoms with Gasteiger partial charge < -0.3 is 19.1 Å². The number of aromatic amines is 1. The Bertz CT molecular complexity index is 1180. The van der Waals surface area contributed by atoms with E-state index in [9.17, 15) is 14.7 Å². The Balaban J connectivity index is 1.93. The Morgan fingerprint density at radius 3 is 2.65 bits per heavy atom. The molecule has 2 heterocycles. The van der Waals surface area contributed by atoms with Gasteiger partial charge in [0.05, 0.1) is 38.7 Å². The lowest BCUT2D eigenvalue weighted by Crippen LogP contribution is -2.30. The smallest absolute Gasteiger partial charge is 0.329 e. The zero-order valence-corrected chi connectivity index (χ0v) is 17.8. The predicted molar refractivity (Wildman–Crippen MR) is 117 cm³/mol. The van der Waals surface area contributed by atoms with Crippen LogP contribution in [0.4, 0.5) is 5.95 Å². The van der Waals surface area contributed by atoms with Crippen molar-refractivity contribution < 1.29 is 14.6 Å². The van der Waals surface area contributed by atoms with E-state index in [-0.39, 0.29) is 36.4 Å². The molecule has 11 nitrogen and oxygen atoms in total. The van der Waals surface area contributed by atoms with Gasteiger partial charge in [-0.15, -0.1) is 0 Å². The number of nitrogens with one attached hydrogen (secondary N) is 2. The molecule has 3 rings (SSSR count). The molecule has 0 spiro atoms. The van der Waals surface area contributed by atoms with Gasteiger partial charge in [0.2, 0.25) is 5.95 Å². The highest BCUT2D eigenvalue weighted by Crippen LogP contribution is 2.16. The van der Waals surface area contributed by atoms with Gasteiger partial charge >= 0.3 is 5.69 Å². The molecular formula is C20H26N6O5. The predicted octanol–water partition coefficient (Wildman–Crippen LogP) is 0.664. The molecule has 2 aromatic heterocycles. The number of aromatic nitrogens is 4. The molecule has 3 N–H and O–H groups in total. The summed E-state index contributed by atoms with van der Waals surface area (Å²) in [6.07, 6.45) is 0.623. The summed E-state index contributed by atoms with van der Waals surface area (Å²) in [5, 5.41) is 14.6. The van der Waals surface area contributed by atoms with Crippen molar-refractivity contribution in [1.29, 1.82) is 0 Å². The average molecular weight is 430 g/mol. The van der Waals surface area contributed by atoms with E-state index in [0.717, 1.165) is 11.3 Å². The van der Waals surface area contributed by atoms with Crippen molar-refractivity contribution in [3.8, 4) is 5.75 Å². The van der Waals surface area contributed by atoms with Crippen molar-refractivity contribution in [3.05, 3.63) is 50.7 Å². The number of fused-ring (bicyclic) bond motifs is 1. The first-order chi connectivity index (χ1) is 14.8. The molecular weight excluding hydrogens is 404 g/mol. The fraction of sp³-hybridized carbons (Fsp3) is 0.400. The van der Waals surface area contributed by atoms with Crippen molar-refractivity contribution >= 4 is 23.3 Å². The summed E-state index contributed by atoms with van der Waals surface area (Å²) in [5.74, 6) is 0.930. The van der Waals surface area contributed by atoms with Crippen molar-refractivity contribution in [1.82, 2.24) is 19.1 Å². The van der Waals surface area contributed by atoms with Gasteiger partial charge in [0.25, 0.3) is 5.56 Å². The number of imidazole rings is 1. The van der Waals surface area contributed by atoms with Gasteiger partial charge in [-0.05, 0) is 43.7 Å².